The Morgan fingerprint density at radius 2 is 2.21 bits per heavy atom. The molecular weight excluding hydrogens is 204 g/mol. The van der Waals surface area contributed by atoms with Crippen molar-refractivity contribution in [2.45, 2.75) is 32.6 Å². The molecule has 0 heterocycles. The van der Waals surface area contributed by atoms with Gasteiger partial charge in [-0.25, -0.2) is 23.8 Å². The molecule has 0 saturated carbocycles. The molecule has 0 nitrogen and oxygen atoms in total. The van der Waals surface area contributed by atoms with Crippen molar-refractivity contribution in [1.29, 1.82) is 0 Å². The molecule has 0 atom stereocenters. The second-order valence-corrected chi connectivity index (χ2v) is 3.06. The minimum atomic E-state index is 0. The third-order valence-electron chi connectivity index (χ3n) is 1.87. The molecule has 0 amide bonds. The fourth-order valence-corrected chi connectivity index (χ4v) is 1.23. The Bertz CT molecular complexity index is 243. The number of allylic oxidation sites excluding steroid dienone is 8. The molecule has 0 aromatic heterocycles. The molecule has 2 aliphatic rings. The zero-order chi connectivity index (χ0) is 9.36. The third-order valence-corrected chi connectivity index (χ3v) is 1.87. The van der Waals surface area contributed by atoms with E-state index < -0.39 is 0 Å². The van der Waals surface area contributed by atoms with Gasteiger partial charge in [0.15, 0.2) is 0 Å². The quantitative estimate of drug-likeness (QED) is 0.489. The maximum absolute atomic E-state index is 3.26. The van der Waals surface area contributed by atoms with Crippen LogP contribution in [-0.4, -0.2) is 0 Å². The Hall–Kier alpha value is -0.326. The maximum Gasteiger partial charge on any atom is 4.00 e. The molecule has 14 heavy (non-hydrogen) atoms. The van der Waals surface area contributed by atoms with Crippen molar-refractivity contribution in [3.05, 3.63) is 48.1 Å². The zero-order valence-electron chi connectivity index (χ0n) is 10.7. The van der Waals surface area contributed by atoms with Gasteiger partial charge in [0.25, 0.3) is 0 Å². The summed E-state index contributed by atoms with van der Waals surface area (Å²) in [5.41, 5.74) is 1.40. The van der Waals surface area contributed by atoms with Crippen LogP contribution in [0.3, 0.4) is 0 Å². The van der Waals surface area contributed by atoms with Crippen molar-refractivity contribution in [3.63, 3.8) is 0 Å². The summed E-state index contributed by atoms with van der Waals surface area (Å²) in [7, 11) is 0. The van der Waals surface area contributed by atoms with Crippen LogP contribution in [0, 0.1) is 12.2 Å². The number of hydrogen-bond acceptors (Lipinski definition) is 0. The molecule has 0 unspecified atom stereocenters. The van der Waals surface area contributed by atoms with Gasteiger partial charge in [-0.1, -0.05) is 19.8 Å². The average Bonchev–Trinajstić information content (AvgIpc) is 2.79. The molecule has 0 N–H and O–H groups in total. The Morgan fingerprint density at radius 1 is 1.36 bits per heavy atom. The van der Waals surface area contributed by atoms with Crippen molar-refractivity contribution >= 4 is 0 Å². The predicted molar refractivity (Wildman–Crippen MR) is 59.2 cm³/mol. The molecular formula is C13H18Ti. The standard InChI is InChI=1S/C8H11.C5H5.Ti.2H/c1-2-5-8-6-3-4-7-8;1-2-4-5-3-1;;;/h3,6H,2,4-5H2,1H3;1-3H,4H2;;;/q2*-1;+4;2*-1. The first-order valence-electron chi connectivity index (χ1n) is 4.91. The molecule has 1 heteroatoms. The Balaban J connectivity index is -0.000000189. The van der Waals surface area contributed by atoms with E-state index in [0.717, 1.165) is 12.8 Å². The summed E-state index contributed by atoms with van der Waals surface area (Å²) in [6.45, 7) is 2.20. The fraction of sp³-hybridized carbons (Fsp3) is 0.385. The van der Waals surface area contributed by atoms with Crippen molar-refractivity contribution < 1.29 is 24.6 Å². The van der Waals surface area contributed by atoms with E-state index in [0.29, 0.717) is 0 Å². The van der Waals surface area contributed by atoms with E-state index in [1.807, 2.05) is 12.2 Å². The molecule has 0 aromatic carbocycles. The van der Waals surface area contributed by atoms with E-state index in [-0.39, 0.29) is 24.6 Å². The Kier molecular flexibility index (Phi) is 9.02. The van der Waals surface area contributed by atoms with Gasteiger partial charge in [-0.2, -0.15) is 12.2 Å². The van der Waals surface area contributed by atoms with Crippen LogP contribution in [0.25, 0.3) is 0 Å². The SMILES string of the molecule is CCCC1=[C-]CC=C1.[C-]1=CC=CC1.[H-].[H-].[Ti+4]. The van der Waals surface area contributed by atoms with Gasteiger partial charge in [0.2, 0.25) is 0 Å². The van der Waals surface area contributed by atoms with Crippen LogP contribution < -0.4 is 0 Å². The van der Waals surface area contributed by atoms with Crippen molar-refractivity contribution in [2.24, 2.45) is 0 Å². The summed E-state index contributed by atoms with van der Waals surface area (Å²) >= 11 is 0. The summed E-state index contributed by atoms with van der Waals surface area (Å²) in [4.78, 5) is 0. The number of hydrogen-bond donors (Lipinski definition) is 0. The van der Waals surface area contributed by atoms with Crippen LogP contribution in [0.2, 0.25) is 0 Å². The molecule has 74 valence electrons. The molecule has 0 radical (unpaired) electrons. The minimum absolute atomic E-state index is 0. The largest absolute Gasteiger partial charge is 4.00 e. The van der Waals surface area contributed by atoms with Gasteiger partial charge in [-0.15, -0.1) is 12.8 Å². The summed E-state index contributed by atoms with van der Waals surface area (Å²) in [6.07, 6.45) is 21.1. The third kappa shape index (κ3) is 6.18. The fourth-order valence-electron chi connectivity index (χ4n) is 1.23. The van der Waals surface area contributed by atoms with Crippen LogP contribution in [-0.2, 0) is 21.7 Å². The van der Waals surface area contributed by atoms with Gasteiger partial charge in [0.05, 0.1) is 0 Å². The normalized spacial score (nSPS) is 15.9. The predicted octanol–water partition coefficient (Wildman–Crippen LogP) is 4.00. The maximum atomic E-state index is 3.26. The van der Waals surface area contributed by atoms with Gasteiger partial charge in [0, 0.05) is 0 Å². The molecule has 0 spiro atoms. The molecule has 2 rings (SSSR count). The second kappa shape index (κ2) is 9.24. The van der Waals surface area contributed by atoms with Crippen LogP contribution >= 0.6 is 0 Å². The smallest absolute Gasteiger partial charge is 1.00 e. The topological polar surface area (TPSA) is 0 Å². The molecule has 0 aliphatic heterocycles. The van der Waals surface area contributed by atoms with E-state index >= 15 is 0 Å². The van der Waals surface area contributed by atoms with Crippen LogP contribution in [0.5, 0.6) is 0 Å². The zero-order valence-corrected chi connectivity index (χ0v) is 10.3. The molecule has 0 fully saturated rings. The first kappa shape index (κ1) is 13.7. The van der Waals surface area contributed by atoms with E-state index in [1.165, 1.54) is 18.4 Å². The van der Waals surface area contributed by atoms with Crippen LogP contribution in [0.4, 0.5) is 0 Å². The first-order valence-corrected chi connectivity index (χ1v) is 4.91. The number of rotatable bonds is 2. The van der Waals surface area contributed by atoms with Crippen molar-refractivity contribution in [3.8, 4) is 0 Å². The molecule has 2 aliphatic carbocycles. The monoisotopic (exact) mass is 222 g/mol. The summed E-state index contributed by atoms with van der Waals surface area (Å²) < 4.78 is 0. The summed E-state index contributed by atoms with van der Waals surface area (Å²) in [5, 5.41) is 0. The minimum Gasteiger partial charge on any atom is -1.00 e. The first-order chi connectivity index (χ1) is 6.43. The van der Waals surface area contributed by atoms with E-state index in [2.05, 4.69) is 37.3 Å². The van der Waals surface area contributed by atoms with E-state index in [9.17, 15) is 0 Å². The van der Waals surface area contributed by atoms with E-state index in [4.69, 9.17) is 0 Å². The molecule has 0 bridgehead atoms. The van der Waals surface area contributed by atoms with Crippen LogP contribution in [0.15, 0.2) is 36.0 Å². The van der Waals surface area contributed by atoms with Crippen molar-refractivity contribution in [2.75, 3.05) is 0 Å². The van der Waals surface area contributed by atoms with Gasteiger partial charge < -0.3 is 2.85 Å². The van der Waals surface area contributed by atoms with Gasteiger partial charge in [0.1, 0.15) is 0 Å². The van der Waals surface area contributed by atoms with Gasteiger partial charge >= 0.3 is 21.7 Å². The molecule has 0 saturated heterocycles. The van der Waals surface area contributed by atoms with Crippen LogP contribution in [0.1, 0.15) is 35.5 Å². The Morgan fingerprint density at radius 3 is 2.57 bits per heavy atom. The Labute approximate surface area is 105 Å². The average molecular weight is 222 g/mol. The van der Waals surface area contributed by atoms with Gasteiger partial charge in [-0.3, -0.25) is 12.2 Å². The summed E-state index contributed by atoms with van der Waals surface area (Å²) in [6, 6.07) is 0. The van der Waals surface area contributed by atoms with Crippen molar-refractivity contribution in [1.82, 2.24) is 0 Å². The van der Waals surface area contributed by atoms with Gasteiger partial charge in [-0.05, 0) is 0 Å². The molecule has 0 aromatic rings. The second-order valence-electron chi connectivity index (χ2n) is 3.06. The van der Waals surface area contributed by atoms with E-state index in [1.54, 1.807) is 0 Å². The summed E-state index contributed by atoms with van der Waals surface area (Å²) in [5.74, 6) is 0.